The summed E-state index contributed by atoms with van der Waals surface area (Å²) >= 11 is 1.62. The van der Waals surface area contributed by atoms with Crippen LogP contribution < -0.4 is 5.32 Å². The number of hydrogen-bond acceptors (Lipinski definition) is 6. The van der Waals surface area contributed by atoms with Crippen molar-refractivity contribution < 1.29 is 13.9 Å². The summed E-state index contributed by atoms with van der Waals surface area (Å²) in [7, 11) is 0. The molecule has 0 atom stereocenters. The first-order valence-corrected chi connectivity index (χ1v) is 9.03. The number of carbonyl (C=O) groups is 1. The molecule has 0 aliphatic carbocycles. The minimum atomic E-state index is -0.453. The number of halogens is 1. The van der Waals surface area contributed by atoms with E-state index in [9.17, 15) is 9.18 Å². The zero-order valence-corrected chi connectivity index (χ0v) is 14.5. The van der Waals surface area contributed by atoms with E-state index in [2.05, 4.69) is 20.4 Å². The van der Waals surface area contributed by atoms with Crippen molar-refractivity contribution in [3.05, 3.63) is 47.8 Å². The van der Waals surface area contributed by atoms with Crippen LogP contribution in [0.5, 0.6) is 0 Å². The highest BCUT2D eigenvalue weighted by atomic mass is 32.2. The van der Waals surface area contributed by atoms with E-state index in [1.165, 1.54) is 18.2 Å². The van der Waals surface area contributed by atoms with E-state index in [1.54, 1.807) is 23.9 Å². The molecule has 3 rings (SSSR count). The Balaban J connectivity index is 1.47. The number of aromatic nitrogens is 2. The van der Waals surface area contributed by atoms with Crippen LogP contribution in [0, 0.1) is 5.82 Å². The first kappa shape index (κ1) is 17.8. The van der Waals surface area contributed by atoms with Crippen LogP contribution in [0.25, 0.3) is 0 Å². The zero-order chi connectivity index (χ0) is 17.5. The molecule has 132 valence electrons. The summed E-state index contributed by atoms with van der Waals surface area (Å²) in [4.78, 5) is 14.4. The second-order valence-corrected chi connectivity index (χ2v) is 6.64. The molecule has 1 aromatic carbocycles. The maximum absolute atomic E-state index is 13.2. The molecule has 0 radical (unpaired) electrons. The summed E-state index contributed by atoms with van der Waals surface area (Å²) in [5.41, 5.74) is 0.241. The van der Waals surface area contributed by atoms with Gasteiger partial charge in [-0.15, -0.1) is 22.0 Å². The molecule has 1 fully saturated rings. The Morgan fingerprint density at radius 3 is 2.80 bits per heavy atom. The zero-order valence-electron chi connectivity index (χ0n) is 13.7. The predicted octanol–water partition coefficient (Wildman–Crippen LogP) is 2.29. The lowest BCUT2D eigenvalue weighted by Gasteiger charge is -2.26. The van der Waals surface area contributed by atoms with E-state index in [-0.39, 0.29) is 5.56 Å². The Hall–Kier alpha value is -2.03. The molecule has 1 aliphatic heterocycles. The molecule has 1 amide bonds. The Labute approximate surface area is 149 Å². The minimum absolute atomic E-state index is 0.241. The van der Waals surface area contributed by atoms with E-state index in [0.717, 1.165) is 43.6 Å². The summed E-state index contributed by atoms with van der Waals surface area (Å²) in [6.45, 7) is 4.51. The Morgan fingerprint density at radius 1 is 1.24 bits per heavy atom. The van der Waals surface area contributed by atoms with E-state index >= 15 is 0 Å². The lowest BCUT2D eigenvalue weighted by molar-refractivity contribution is 0.0410. The van der Waals surface area contributed by atoms with Gasteiger partial charge < -0.3 is 10.1 Å². The van der Waals surface area contributed by atoms with Crippen LogP contribution in [0.4, 0.5) is 10.2 Å². The van der Waals surface area contributed by atoms with Crippen LogP contribution in [0.3, 0.4) is 0 Å². The molecular formula is C17H19FN4O2S. The number of ether oxygens (including phenoxy) is 1. The molecule has 0 bridgehead atoms. The van der Waals surface area contributed by atoms with Gasteiger partial charge in [-0.3, -0.25) is 9.69 Å². The molecule has 25 heavy (non-hydrogen) atoms. The minimum Gasteiger partial charge on any atom is -0.379 e. The quantitative estimate of drug-likeness (QED) is 0.796. The summed E-state index contributed by atoms with van der Waals surface area (Å²) in [5.74, 6) is 0.392. The van der Waals surface area contributed by atoms with Crippen molar-refractivity contribution in [3.63, 3.8) is 0 Å². The van der Waals surface area contributed by atoms with Crippen molar-refractivity contribution in [2.45, 2.75) is 5.03 Å². The summed E-state index contributed by atoms with van der Waals surface area (Å²) < 4.78 is 18.5. The van der Waals surface area contributed by atoms with E-state index in [4.69, 9.17) is 4.74 Å². The van der Waals surface area contributed by atoms with Gasteiger partial charge in [0, 0.05) is 31.0 Å². The number of carbonyl (C=O) groups excluding carboxylic acids is 1. The number of anilines is 1. The van der Waals surface area contributed by atoms with Crippen molar-refractivity contribution in [2.24, 2.45) is 0 Å². The highest BCUT2D eigenvalue weighted by Gasteiger charge is 2.11. The third-order valence-corrected chi connectivity index (χ3v) is 4.63. The molecule has 2 aromatic rings. The fourth-order valence-corrected chi connectivity index (χ4v) is 3.21. The van der Waals surface area contributed by atoms with Crippen molar-refractivity contribution in [2.75, 3.05) is 43.9 Å². The molecule has 0 spiro atoms. The SMILES string of the molecule is O=C(Nc1ccc(SCCN2CCOCC2)nn1)c1cccc(F)c1. The molecule has 0 unspecified atom stereocenters. The Kier molecular flexibility index (Phi) is 6.32. The van der Waals surface area contributed by atoms with E-state index < -0.39 is 11.7 Å². The average Bonchev–Trinajstić information content (AvgIpc) is 2.64. The van der Waals surface area contributed by atoms with Gasteiger partial charge in [0.05, 0.1) is 13.2 Å². The molecule has 0 saturated carbocycles. The van der Waals surface area contributed by atoms with Gasteiger partial charge in [-0.25, -0.2) is 4.39 Å². The van der Waals surface area contributed by atoms with E-state index in [1.807, 2.05) is 6.07 Å². The standard InChI is InChI=1S/C17H19FN4O2S/c18-14-3-1-2-13(12-14)17(23)19-15-4-5-16(21-20-15)25-11-8-22-6-9-24-10-7-22/h1-5,12H,6-11H2,(H,19,20,23). The molecule has 8 heteroatoms. The molecule has 1 aromatic heterocycles. The van der Waals surface area contributed by atoms with Crippen molar-refractivity contribution >= 4 is 23.5 Å². The van der Waals surface area contributed by atoms with Gasteiger partial charge in [0.15, 0.2) is 5.82 Å². The van der Waals surface area contributed by atoms with Crippen LogP contribution in [0.2, 0.25) is 0 Å². The smallest absolute Gasteiger partial charge is 0.256 e. The lowest BCUT2D eigenvalue weighted by atomic mass is 10.2. The predicted molar refractivity (Wildman–Crippen MR) is 94.4 cm³/mol. The maximum Gasteiger partial charge on any atom is 0.256 e. The molecule has 2 heterocycles. The number of rotatable bonds is 6. The van der Waals surface area contributed by atoms with Crippen molar-refractivity contribution in [3.8, 4) is 0 Å². The Bertz CT molecular complexity index is 708. The summed E-state index contributed by atoms with van der Waals surface area (Å²) in [6.07, 6.45) is 0. The monoisotopic (exact) mass is 362 g/mol. The molecule has 1 N–H and O–H groups in total. The first-order chi connectivity index (χ1) is 12.2. The van der Waals surface area contributed by atoms with Gasteiger partial charge in [0.25, 0.3) is 5.91 Å². The normalized spacial score (nSPS) is 15.1. The topological polar surface area (TPSA) is 67.4 Å². The van der Waals surface area contributed by atoms with Crippen LogP contribution in [0.15, 0.2) is 41.4 Å². The van der Waals surface area contributed by atoms with Gasteiger partial charge >= 0.3 is 0 Å². The molecule has 6 nitrogen and oxygen atoms in total. The number of nitrogens with zero attached hydrogens (tertiary/aromatic N) is 3. The lowest BCUT2D eigenvalue weighted by Crippen LogP contribution is -2.37. The van der Waals surface area contributed by atoms with Crippen LogP contribution in [-0.2, 0) is 4.74 Å². The number of thioether (sulfide) groups is 1. The summed E-state index contributed by atoms with van der Waals surface area (Å²) in [6, 6.07) is 9.02. The summed E-state index contributed by atoms with van der Waals surface area (Å²) in [5, 5.41) is 11.5. The molecule has 1 aliphatic rings. The van der Waals surface area contributed by atoms with Gasteiger partial charge in [-0.1, -0.05) is 6.07 Å². The fourth-order valence-electron chi connectivity index (χ4n) is 2.39. The van der Waals surface area contributed by atoms with Gasteiger partial charge in [-0.05, 0) is 30.3 Å². The molecular weight excluding hydrogens is 343 g/mol. The number of amides is 1. The second-order valence-electron chi connectivity index (χ2n) is 5.52. The number of hydrogen-bond donors (Lipinski definition) is 1. The van der Waals surface area contributed by atoms with E-state index in [0.29, 0.717) is 5.82 Å². The first-order valence-electron chi connectivity index (χ1n) is 8.04. The Morgan fingerprint density at radius 2 is 2.08 bits per heavy atom. The number of nitrogens with one attached hydrogen (secondary N) is 1. The van der Waals surface area contributed by atoms with Crippen LogP contribution >= 0.6 is 11.8 Å². The van der Waals surface area contributed by atoms with Gasteiger partial charge in [0.1, 0.15) is 10.8 Å². The average molecular weight is 362 g/mol. The second kappa shape index (κ2) is 8.89. The number of benzene rings is 1. The maximum atomic E-state index is 13.2. The third-order valence-electron chi connectivity index (χ3n) is 3.73. The van der Waals surface area contributed by atoms with Crippen LogP contribution in [0.1, 0.15) is 10.4 Å². The largest absolute Gasteiger partial charge is 0.379 e. The van der Waals surface area contributed by atoms with Crippen LogP contribution in [-0.4, -0.2) is 59.6 Å². The third kappa shape index (κ3) is 5.48. The van der Waals surface area contributed by atoms with Crippen molar-refractivity contribution in [1.82, 2.24) is 15.1 Å². The highest BCUT2D eigenvalue weighted by molar-refractivity contribution is 7.99. The highest BCUT2D eigenvalue weighted by Crippen LogP contribution is 2.16. The molecule has 1 saturated heterocycles. The fraction of sp³-hybridized carbons (Fsp3) is 0.353. The van der Waals surface area contributed by atoms with Crippen molar-refractivity contribution in [1.29, 1.82) is 0 Å². The van der Waals surface area contributed by atoms with Gasteiger partial charge in [0.2, 0.25) is 0 Å². The number of morpholine rings is 1. The van der Waals surface area contributed by atoms with Gasteiger partial charge in [-0.2, -0.15) is 0 Å².